The van der Waals surface area contributed by atoms with Gasteiger partial charge in [-0.1, -0.05) is 41.4 Å². The summed E-state index contributed by atoms with van der Waals surface area (Å²) < 4.78 is 39.3. The number of nitrogen functional groups attached to an aromatic ring is 1. The van der Waals surface area contributed by atoms with Crippen LogP contribution in [0, 0.1) is 0 Å². The van der Waals surface area contributed by atoms with Crippen LogP contribution in [0.25, 0.3) is 0 Å². The molecule has 0 spiro atoms. The van der Waals surface area contributed by atoms with Crippen LogP contribution in [0.3, 0.4) is 0 Å². The van der Waals surface area contributed by atoms with E-state index in [1.54, 1.807) is 30.3 Å². The van der Waals surface area contributed by atoms with E-state index < -0.39 is 23.7 Å². The zero-order valence-corrected chi connectivity index (χ0v) is 19.4. The molecule has 3 aromatic rings. The molecule has 0 aliphatic rings. The third-order valence-electron chi connectivity index (χ3n) is 5.38. The highest BCUT2D eigenvalue weighted by Gasteiger charge is 2.31. The predicted molar refractivity (Wildman–Crippen MR) is 130 cm³/mol. The number of nitrogens with one attached hydrogen (secondary N) is 1. The van der Waals surface area contributed by atoms with E-state index in [0.29, 0.717) is 33.3 Å². The maximum atomic E-state index is 13.1. The van der Waals surface area contributed by atoms with E-state index in [2.05, 4.69) is 5.32 Å². The predicted octanol–water partition coefficient (Wildman–Crippen LogP) is 5.71. The molecule has 10 heteroatoms. The van der Waals surface area contributed by atoms with Gasteiger partial charge in [0.05, 0.1) is 27.6 Å². The fourth-order valence-corrected chi connectivity index (χ4v) is 3.89. The van der Waals surface area contributed by atoms with Crippen molar-refractivity contribution in [2.24, 2.45) is 11.5 Å². The normalized spacial score (nSPS) is 13.4. The topological polar surface area (TPSA) is 107 Å². The highest BCUT2D eigenvalue weighted by Crippen LogP contribution is 2.34. The lowest BCUT2D eigenvalue weighted by Crippen LogP contribution is -2.24. The molecule has 0 aromatic heterocycles. The number of hydrogen-bond donors (Lipinski definition) is 4. The third kappa shape index (κ3) is 6.01. The van der Waals surface area contributed by atoms with Crippen LogP contribution >= 0.6 is 23.2 Å². The molecule has 3 rings (SSSR count). The maximum absolute atomic E-state index is 13.1. The number of anilines is 2. The van der Waals surface area contributed by atoms with Gasteiger partial charge >= 0.3 is 6.18 Å². The third-order valence-corrected chi connectivity index (χ3v) is 6.12. The minimum Gasteiger partial charge on any atom is -0.398 e. The molecule has 3 aromatic carbocycles. The summed E-state index contributed by atoms with van der Waals surface area (Å²) in [5.74, 6) is -0.940. The first kappa shape index (κ1) is 25.8. The average Bonchev–Trinajstić information content (AvgIpc) is 2.79. The van der Waals surface area contributed by atoms with Crippen molar-refractivity contribution < 1.29 is 18.0 Å². The summed E-state index contributed by atoms with van der Waals surface area (Å²) in [5, 5.41) is 3.49. The maximum Gasteiger partial charge on any atom is 0.416 e. The number of alkyl halides is 3. The standard InChI is InChI=1S/C24H23Cl2F3N4O/c25-19-6-4-13(11-20(19)26)17(8-9-30)23(34)33-16-5-7-21(31)18(12-16)22(32)14-2-1-3-15(10-14)24(27,28)29/h1-7,10-12,17,22H,8-9,30-32H2,(H,33,34). The van der Waals surface area contributed by atoms with Gasteiger partial charge in [-0.2, -0.15) is 13.2 Å². The molecule has 34 heavy (non-hydrogen) atoms. The van der Waals surface area contributed by atoms with Crippen LogP contribution in [-0.2, 0) is 11.0 Å². The van der Waals surface area contributed by atoms with Crippen LogP contribution in [0.2, 0.25) is 10.0 Å². The van der Waals surface area contributed by atoms with Crippen LogP contribution in [0.5, 0.6) is 0 Å². The molecule has 0 bridgehead atoms. The van der Waals surface area contributed by atoms with E-state index >= 15 is 0 Å². The minimum absolute atomic E-state index is 0.238. The quantitative estimate of drug-likeness (QED) is 0.305. The van der Waals surface area contributed by atoms with Crippen molar-refractivity contribution in [3.05, 3.63) is 93.0 Å². The SMILES string of the molecule is NCCC(C(=O)Nc1ccc(N)c(C(N)c2cccc(C(F)(F)F)c2)c1)c1ccc(Cl)c(Cl)c1. The Labute approximate surface area is 205 Å². The van der Waals surface area contributed by atoms with Crippen molar-refractivity contribution in [2.75, 3.05) is 17.6 Å². The van der Waals surface area contributed by atoms with Gasteiger partial charge in [0.25, 0.3) is 0 Å². The van der Waals surface area contributed by atoms with Crippen molar-refractivity contribution in [1.82, 2.24) is 0 Å². The molecular formula is C24H23Cl2F3N4O. The average molecular weight is 511 g/mol. The van der Waals surface area contributed by atoms with Crippen molar-refractivity contribution in [1.29, 1.82) is 0 Å². The largest absolute Gasteiger partial charge is 0.416 e. The molecule has 2 unspecified atom stereocenters. The lowest BCUT2D eigenvalue weighted by molar-refractivity contribution is -0.137. The zero-order chi connectivity index (χ0) is 25.0. The summed E-state index contributed by atoms with van der Waals surface area (Å²) in [6, 6.07) is 13.4. The Morgan fingerprint density at radius 3 is 2.35 bits per heavy atom. The fourth-order valence-electron chi connectivity index (χ4n) is 3.58. The Hall–Kier alpha value is -2.78. The Morgan fingerprint density at radius 1 is 0.971 bits per heavy atom. The van der Waals surface area contributed by atoms with Crippen LogP contribution in [0.1, 0.15) is 40.6 Å². The molecule has 0 radical (unpaired) electrons. The highest BCUT2D eigenvalue weighted by atomic mass is 35.5. The molecule has 2 atom stereocenters. The van der Waals surface area contributed by atoms with Crippen molar-refractivity contribution in [3.8, 4) is 0 Å². The first-order chi connectivity index (χ1) is 16.0. The number of hydrogen-bond acceptors (Lipinski definition) is 4. The van der Waals surface area contributed by atoms with Gasteiger partial charge in [-0.15, -0.1) is 0 Å². The molecule has 0 heterocycles. The number of halogens is 5. The number of carbonyl (C=O) groups is 1. The summed E-state index contributed by atoms with van der Waals surface area (Å²) in [4.78, 5) is 13.1. The lowest BCUT2D eigenvalue weighted by Gasteiger charge is -2.20. The number of carbonyl (C=O) groups excluding carboxylic acids is 1. The minimum atomic E-state index is -4.50. The molecule has 180 valence electrons. The second-order valence-corrected chi connectivity index (χ2v) is 8.55. The van der Waals surface area contributed by atoms with Gasteiger partial charge in [0.1, 0.15) is 0 Å². The Balaban J connectivity index is 1.87. The summed E-state index contributed by atoms with van der Waals surface area (Å²) in [6.07, 6.45) is -4.14. The molecular weight excluding hydrogens is 488 g/mol. The van der Waals surface area contributed by atoms with E-state index in [1.165, 1.54) is 18.2 Å². The van der Waals surface area contributed by atoms with Crippen molar-refractivity contribution in [3.63, 3.8) is 0 Å². The van der Waals surface area contributed by atoms with Gasteiger partial charge < -0.3 is 22.5 Å². The van der Waals surface area contributed by atoms with Gasteiger partial charge in [0, 0.05) is 11.4 Å². The summed E-state index contributed by atoms with van der Waals surface area (Å²) in [7, 11) is 0. The molecule has 7 N–H and O–H groups in total. The number of benzene rings is 3. The van der Waals surface area contributed by atoms with Gasteiger partial charge in [-0.05, 0) is 72.1 Å². The van der Waals surface area contributed by atoms with E-state index in [9.17, 15) is 18.0 Å². The van der Waals surface area contributed by atoms with Gasteiger partial charge in [0.15, 0.2) is 0 Å². The van der Waals surface area contributed by atoms with E-state index in [-0.39, 0.29) is 23.7 Å². The molecule has 0 aliphatic heterocycles. The van der Waals surface area contributed by atoms with Crippen LogP contribution in [0.15, 0.2) is 60.7 Å². The zero-order valence-electron chi connectivity index (χ0n) is 17.9. The summed E-state index contributed by atoms with van der Waals surface area (Å²) in [5.41, 5.74) is 19.1. The molecule has 0 fully saturated rings. The second kappa shape index (κ2) is 10.7. The Morgan fingerprint density at radius 2 is 1.71 bits per heavy atom. The first-order valence-electron chi connectivity index (χ1n) is 10.3. The van der Waals surface area contributed by atoms with Crippen LogP contribution in [-0.4, -0.2) is 12.5 Å². The molecule has 5 nitrogen and oxygen atoms in total. The van der Waals surface area contributed by atoms with Gasteiger partial charge in [0.2, 0.25) is 5.91 Å². The number of amides is 1. The number of rotatable bonds is 7. The summed E-state index contributed by atoms with van der Waals surface area (Å²) in [6.45, 7) is 0.256. The molecule has 0 saturated heterocycles. The van der Waals surface area contributed by atoms with Gasteiger partial charge in [-0.3, -0.25) is 4.79 Å². The van der Waals surface area contributed by atoms with Crippen molar-refractivity contribution in [2.45, 2.75) is 24.6 Å². The van der Waals surface area contributed by atoms with Crippen LogP contribution < -0.4 is 22.5 Å². The van der Waals surface area contributed by atoms with Crippen LogP contribution in [0.4, 0.5) is 24.5 Å². The van der Waals surface area contributed by atoms with E-state index in [1.807, 2.05) is 0 Å². The molecule has 1 amide bonds. The molecule has 0 aliphatic carbocycles. The molecule has 0 saturated carbocycles. The first-order valence-corrected chi connectivity index (χ1v) is 11.0. The fraction of sp³-hybridized carbons (Fsp3) is 0.208. The Kier molecular flexibility index (Phi) is 8.09. The highest BCUT2D eigenvalue weighted by molar-refractivity contribution is 6.42. The second-order valence-electron chi connectivity index (χ2n) is 7.74. The monoisotopic (exact) mass is 510 g/mol. The summed E-state index contributed by atoms with van der Waals surface area (Å²) >= 11 is 12.1. The van der Waals surface area contributed by atoms with Gasteiger partial charge in [-0.25, -0.2) is 0 Å². The van der Waals surface area contributed by atoms with Crippen molar-refractivity contribution >= 4 is 40.5 Å². The lowest BCUT2D eigenvalue weighted by atomic mass is 9.94. The smallest absolute Gasteiger partial charge is 0.398 e. The van der Waals surface area contributed by atoms with E-state index in [4.69, 9.17) is 40.4 Å². The van der Waals surface area contributed by atoms with E-state index in [0.717, 1.165) is 12.1 Å². The number of nitrogens with two attached hydrogens (primary N) is 3. The Bertz CT molecular complexity index is 1190.